The average molecular weight is 452 g/mol. The summed E-state index contributed by atoms with van der Waals surface area (Å²) in [7, 11) is 0. The molecular weight excluding hydrogens is 435 g/mol. The van der Waals surface area contributed by atoms with Crippen LogP contribution >= 0.6 is 0 Å². The SMILES string of the molecule is O=C(NC1CCN(Cc2cccc(F)c2)C1)c1ccc(-c2noc(C(F)(F)F)n2)cc1F. The van der Waals surface area contributed by atoms with E-state index in [4.69, 9.17) is 0 Å². The first-order valence-electron chi connectivity index (χ1n) is 9.67. The highest BCUT2D eigenvalue weighted by molar-refractivity contribution is 5.95. The molecule has 1 aliphatic rings. The van der Waals surface area contributed by atoms with Crippen molar-refractivity contribution >= 4 is 5.91 Å². The predicted octanol–water partition coefficient (Wildman–Crippen LogP) is 4.04. The minimum Gasteiger partial charge on any atom is -0.348 e. The van der Waals surface area contributed by atoms with E-state index < -0.39 is 29.6 Å². The van der Waals surface area contributed by atoms with Gasteiger partial charge in [-0.1, -0.05) is 23.4 Å². The number of aromatic nitrogens is 2. The zero-order valence-corrected chi connectivity index (χ0v) is 16.5. The monoisotopic (exact) mass is 452 g/mol. The van der Waals surface area contributed by atoms with E-state index in [-0.39, 0.29) is 23.0 Å². The van der Waals surface area contributed by atoms with Crippen LogP contribution in [0.4, 0.5) is 22.0 Å². The molecule has 0 spiro atoms. The lowest BCUT2D eigenvalue weighted by Crippen LogP contribution is -2.37. The molecule has 0 radical (unpaired) electrons. The van der Waals surface area contributed by atoms with E-state index in [0.717, 1.165) is 17.7 Å². The van der Waals surface area contributed by atoms with Gasteiger partial charge in [0.2, 0.25) is 5.82 Å². The third-order valence-electron chi connectivity index (χ3n) is 5.04. The van der Waals surface area contributed by atoms with Gasteiger partial charge in [0, 0.05) is 31.2 Å². The van der Waals surface area contributed by atoms with E-state index in [1.807, 2.05) is 11.0 Å². The Labute approximate surface area is 179 Å². The summed E-state index contributed by atoms with van der Waals surface area (Å²) in [6.45, 7) is 1.73. The average Bonchev–Trinajstić information content (AvgIpc) is 3.37. The smallest absolute Gasteiger partial charge is 0.348 e. The highest BCUT2D eigenvalue weighted by atomic mass is 19.4. The minimum atomic E-state index is -4.81. The van der Waals surface area contributed by atoms with Crippen molar-refractivity contribution in [2.45, 2.75) is 25.2 Å². The minimum absolute atomic E-state index is 0.0552. The van der Waals surface area contributed by atoms with Crippen molar-refractivity contribution in [3.63, 3.8) is 0 Å². The van der Waals surface area contributed by atoms with E-state index in [2.05, 4.69) is 20.0 Å². The Hall–Kier alpha value is -3.34. The van der Waals surface area contributed by atoms with Crippen LogP contribution in [0.3, 0.4) is 0 Å². The van der Waals surface area contributed by atoms with Crippen molar-refractivity contribution < 1.29 is 31.3 Å². The van der Waals surface area contributed by atoms with Gasteiger partial charge in [0.05, 0.1) is 5.56 Å². The maximum Gasteiger partial charge on any atom is 0.471 e. The van der Waals surface area contributed by atoms with E-state index in [1.165, 1.54) is 18.2 Å². The molecule has 0 aliphatic carbocycles. The summed E-state index contributed by atoms with van der Waals surface area (Å²) in [5.41, 5.74) is 0.506. The first-order valence-corrected chi connectivity index (χ1v) is 9.67. The summed E-state index contributed by atoms with van der Waals surface area (Å²) in [4.78, 5) is 17.7. The largest absolute Gasteiger partial charge is 0.471 e. The molecule has 1 fully saturated rings. The second-order valence-corrected chi connectivity index (χ2v) is 7.44. The predicted molar refractivity (Wildman–Crippen MR) is 102 cm³/mol. The van der Waals surface area contributed by atoms with E-state index in [1.54, 1.807) is 6.07 Å². The van der Waals surface area contributed by atoms with Crippen LogP contribution in [0, 0.1) is 11.6 Å². The fourth-order valence-electron chi connectivity index (χ4n) is 3.54. The normalized spacial score (nSPS) is 17.0. The third-order valence-corrected chi connectivity index (χ3v) is 5.04. The molecule has 2 heterocycles. The van der Waals surface area contributed by atoms with Gasteiger partial charge < -0.3 is 9.84 Å². The number of amides is 1. The molecule has 1 atom stereocenters. The molecule has 32 heavy (non-hydrogen) atoms. The summed E-state index contributed by atoms with van der Waals surface area (Å²) < 4.78 is 69.7. The molecule has 2 aromatic carbocycles. The maximum atomic E-state index is 14.5. The summed E-state index contributed by atoms with van der Waals surface area (Å²) in [6.07, 6.45) is -4.17. The van der Waals surface area contributed by atoms with E-state index in [9.17, 15) is 26.7 Å². The molecule has 0 bridgehead atoms. The van der Waals surface area contributed by atoms with Gasteiger partial charge in [0.25, 0.3) is 5.91 Å². The molecule has 6 nitrogen and oxygen atoms in total. The van der Waals surface area contributed by atoms with Crippen LogP contribution in [-0.2, 0) is 12.7 Å². The number of hydrogen-bond donors (Lipinski definition) is 1. The second-order valence-electron chi connectivity index (χ2n) is 7.44. The van der Waals surface area contributed by atoms with Gasteiger partial charge in [-0.2, -0.15) is 18.2 Å². The fourth-order valence-corrected chi connectivity index (χ4v) is 3.54. The molecular formula is C21H17F5N4O2. The first kappa shape index (κ1) is 21.9. The number of hydrogen-bond acceptors (Lipinski definition) is 5. The number of halogens is 5. The van der Waals surface area contributed by atoms with Gasteiger partial charge in [-0.3, -0.25) is 9.69 Å². The van der Waals surface area contributed by atoms with Crippen LogP contribution < -0.4 is 5.32 Å². The van der Waals surface area contributed by atoms with Gasteiger partial charge >= 0.3 is 12.1 Å². The van der Waals surface area contributed by atoms with Crippen molar-refractivity contribution in [1.82, 2.24) is 20.4 Å². The highest BCUT2D eigenvalue weighted by Gasteiger charge is 2.38. The van der Waals surface area contributed by atoms with Crippen molar-refractivity contribution in [1.29, 1.82) is 0 Å². The van der Waals surface area contributed by atoms with Crippen LogP contribution in [0.2, 0.25) is 0 Å². The molecule has 4 rings (SSSR count). The second kappa shape index (κ2) is 8.65. The number of nitrogens with zero attached hydrogens (tertiary/aromatic N) is 3. The summed E-state index contributed by atoms with van der Waals surface area (Å²) in [5, 5.41) is 5.95. The third kappa shape index (κ3) is 4.93. The van der Waals surface area contributed by atoms with Gasteiger partial charge in [-0.15, -0.1) is 0 Å². The Morgan fingerprint density at radius 2 is 2.00 bits per heavy atom. The summed E-state index contributed by atoms with van der Waals surface area (Å²) in [5.74, 6) is -3.87. The number of alkyl halides is 3. The quantitative estimate of drug-likeness (QED) is 0.592. The van der Waals surface area contributed by atoms with Crippen molar-refractivity contribution in [2.75, 3.05) is 13.1 Å². The molecule has 1 saturated heterocycles. The lowest BCUT2D eigenvalue weighted by molar-refractivity contribution is -0.159. The van der Waals surface area contributed by atoms with Crippen LogP contribution in [0.5, 0.6) is 0 Å². The molecule has 1 aromatic heterocycles. The standard InChI is InChI=1S/C21H17F5N4O2/c22-14-3-1-2-12(8-14)10-30-7-6-15(11-30)27-19(31)16-5-4-13(9-17(16)23)18-28-20(32-29-18)21(24,25)26/h1-5,8-9,15H,6-7,10-11H2,(H,27,31). The zero-order valence-electron chi connectivity index (χ0n) is 16.5. The molecule has 168 valence electrons. The Morgan fingerprint density at radius 1 is 1.19 bits per heavy atom. The Bertz CT molecular complexity index is 1130. The lowest BCUT2D eigenvalue weighted by atomic mass is 10.1. The molecule has 1 unspecified atom stereocenters. The number of likely N-dealkylation sites (tertiary alicyclic amines) is 1. The topological polar surface area (TPSA) is 71.3 Å². The number of carbonyl (C=O) groups excluding carboxylic acids is 1. The van der Waals surface area contributed by atoms with Crippen LogP contribution in [0.25, 0.3) is 11.4 Å². The van der Waals surface area contributed by atoms with Crippen LogP contribution in [0.1, 0.15) is 28.2 Å². The maximum absolute atomic E-state index is 14.5. The molecule has 3 aromatic rings. The van der Waals surface area contributed by atoms with Gasteiger partial charge in [-0.05, 0) is 36.2 Å². The molecule has 0 saturated carbocycles. The Balaban J connectivity index is 1.38. The van der Waals surface area contributed by atoms with Gasteiger partial charge in [0.15, 0.2) is 0 Å². The molecule has 1 amide bonds. The Morgan fingerprint density at radius 3 is 2.69 bits per heavy atom. The summed E-state index contributed by atoms with van der Waals surface area (Å²) >= 11 is 0. The van der Waals surface area contributed by atoms with Crippen LogP contribution in [-0.4, -0.2) is 40.1 Å². The zero-order chi connectivity index (χ0) is 22.9. The number of rotatable bonds is 5. The van der Waals surface area contributed by atoms with Gasteiger partial charge in [-0.25, -0.2) is 8.78 Å². The lowest BCUT2D eigenvalue weighted by Gasteiger charge is -2.17. The number of carbonyl (C=O) groups is 1. The number of benzene rings is 2. The first-order chi connectivity index (χ1) is 15.2. The molecule has 11 heteroatoms. The number of nitrogens with one attached hydrogen (secondary N) is 1. The molecule has 1 aliphatic heterocycles. The van der Waals surface area contributed by atoms with Gasteiger partial charge in [0.1, 0.15) is 11.6 Å². The Kier molecular flexibility index (Phi) is 5.92. The highest BCUT2D eigenvalue weighted by Crippen LogP contribution is 2.29. The van der Waals surface area contributed by atoms with E-state index >= 15 is 0 Å². The molecule has 1 N–H and O–H groups in total. The van der Waals surface area contributed by atoms with Crippen molar-refractivity contribution in [3.8, 4) is 11.4 Å². The van der Waals surface area contributed by atoms with Crippen molar-refractivity contribution in [2.24, 2.45) is 0 Å². The fraction of sp³-hybridized carbons (Fsp3) is 0.286. The summed E-state index contributed by atoms with van der Waals surface area (Å²) in [6, 6.07) is 9.32. The van der Waals surface area contributed by atoms with Crippen molar-refractivity contribution in [3.05, 3.63) is 71.1 Å². The van der Waals surface area contributed by atoms with Crippen LogP contribution in [0.15, 0.2) is 47.0 Å². The van der Waals surface area contributed by atoms with E-state index in [0.29, 0.717) is 26.1 Å².